The molecule has 1 aliphatic rings. The lowest BCUT2D eigenvalue weighted by Gasteiger charge is -2.50. The number of rotatable bonds is 2. The summed E-state index contributed by atoms with van der Waals surface area (Å²) >= 11 is 0. The zero-order valence-electron chi connectivity index (χ0n) is 16.4. The number of fused-ring (bicyclic) bond motifs is 2. The van der Waals surface area contributed by atoms with Gasteiger partial charge in [0.15, 0.2) is 11.4 Å². The summed E-state index contributed by atoms with van der Waals surface area (Å²) in [6.45, 7) is 9.62. The molecular formula is C16H22N6O6. The van der Waals surface area contributed by atoms with E-state index < -0.39 is 43.5 Å². The minimum atomic E-state index is -2.19. The highest BCUT2D eigenvalue weighted by Gasteiger charge is 2.65. The summed E-state index contributed by atoms with van der Waals surface area (Å²) in [6.07, 6.45) is 1.84. The van der Waals surface area contributed by atoms with Gasteiger partial charge in [0.2, 0.25) is 11.4 Å². The van der Waals surface area contributed by atoms with Crippen LogP contribution in [0.3, 0.4) is 0 Å². The Morgan fingerprint density at radius 1 is 0.821 bits per heavy atom. The van der Waals surface area contributed by atoms with Gasteiger partial charge in [0.25, 0.3) is 0 Å². The second kappa shape index (κ2) is 5.35. The highest BCUT2D eigenvalue weighted by atomic mass is 16.6. The van der Waals surface area contributed by atoms with Crippen molar-refractivity contribution in [2.45, 2.75) is 53.0 Å². The molecule has 2 N–H and O–H groups in total. The first kappa shape index (κ1) is 19.9. The molecule has 3 heterocycles. The molecule has 0 aliphatic carbocycles. The predicted octanol–water partition coefficient (Wildman–Crippen LogP) is 1.69. The van der Waals surface area contributed by atoms with Crippen LogP contribution >= 0.6 is 0 Å². The van der Waals surface area contributed by atoms with Crippen LogP contribution in [0.5, 0.6) is 0 Å². The summed E-state index contributed by atoms with van der Waals surface area (Å²) in [7, 11) is 0. The van der Waals surface area contributed by atoms with Crippen molar-refractivity contribution in [1.29, 1.82) is 0 Å². The normalized spacial score (nSPS) is 24.6. The van der Waals surface area contributed by atoms with Crippen molar-refractivity contribution in [1.82, 2.24) is 19.6 Å². The van der Waals surface area contributed by atoms with Gasteiger partial charge < -0.3 is 10.2 Å². The van der Waals surface area contributed by atoms with E-state index in [0.717, 1.165) is 21.8 Å². The van der Waals surface area contributed by atoms with Crippen LogP contribution in [0.2, 0.25) is 0 Å². The van der Waals surface area contributed by atoms with E-state index in [-0.39, 0.29) is 11.4 Å². The Kier molecular flexibility index (Phi) is 3.80. The Hall–Kier alpha value is -2.86. The molecule has 3 rings (SSSR count). The molecule has 28 heavy (non-hydrogen) atoms. The predicted molar refractivity (Wildman–Crippen MR) is 95.3 cm³/mol. The highest BCUT2D eigenvalue weighted by molar-refractivity contribution is 5.49. The molecule has 0 saturated heterocycles. The van der Waals surface area contributed by atoms with Crippen molar-refractivity contribution >= 4 is 11.4 Å². The maximum Gasteiger partial charge on any atom is 0.315 e. The van der Waals surface area contributed by atoms with E-state index in [0.29, 0.717) is 0 Å². The first-order chi connectivity index (χ1) is 12.6. The summed E-state index contributed by atoms with van der Waals surface area (Å²) in [5, 5.41) is 54.7. The lowest BCUT2D eigenvalue weighted by Crippen LogP contribution is -2.61. The van der Waals surface area contributed by atoms with Crippen molar-refractivity contribution in [2.24, 2.45) is 10.8 Å². The molecule has 0 fully saturated rings. The number of hydrogen-bond donors (Lipinski definition) is 2. The Balaban J connectivity index is 2.60. The van der Waals surface area contributed by atoms with Crippen LogP contribution in [0.15, 0.2) is 12.4 Å². The zero-order chi connectivity index (χ0) is 21.4. The molecular weight excluding hydrogens is 372 g/mol. The maximum atomic E-state index is 11.7. The minimum Gasteiger partial charge on any atom is -0.364 e. The molecule has 12 nitrogen and oxygen atoms in total. The minimum absolute atomic E-state index is 0.298. The van der Waals surface area contributed by atoms with Gasteiger partial charge in [-0.2, -0.15) is 10.2 Å². The third kappa shape index (κ3) is 2.12. The van der Waals surface area contributed by atoms with E-state index in [1.165, 1.54) is 0 Å². The molecule has 0 unspecified atom stereocenters. The molecule has 0 amide bonds. The van der Waals surface area contributed by atoms with E-state index in [1.54, 1.807) is 41.5 Å². The summed E-state index contributed by atoms with van der Waals surface area (Å²) in [4.78, 5) is 21.9. The first-order valence-electron chi connectivity index (χ1n) is 8.51. The third-order valence-electron chi connectivity index (χ3n) is 5.26. The van der Waals surface area contributed by atoms with E-state index >= 15 is 0 Å². The van der Waals surface area contributed by atoms with Crippen molar-refractivity contribution in [3.63, 3.8) is 0 Å². The molecule has 1 aliphatic heterocycles. The Bertz CT molecular complexity index is 916. The van der Waals surface area contributed by atoms with Crippen LogP contribution in [0.25, 0.3) is 0 Å². The molecule has 12 heteroatoms. The standard InChI is InChI=1S/C16H22N6O6/c1-13(2,3)15(23)11-9(21(25)26)7-18-20(11)16(24,14(4,5)6)12-10(22(27)28)8-17-19(12)15/h7-8,23-24H,1-6H3/t15-,16+. The SMILES string of the molecule is CC(C)(C)[C@@]1(O)c2c([N+](=O)[O-])cnn2[C@](O)(C(C)(C)C)c2c([N+](=O)[O-])cnn21. The van der Waals surface area contributed by atoms with E-state index in [2.05, 4.69) is 10.2 Å². The molecule has 152 valence electrons. The van der Waals surface area contributed by atoms with Crippen LogP contribution in [-0.4, -0.2) is 39.6 Å². The molecule has 2 aromatic heterocycles. The summed E-state index contributed by atoms with van der Waals surface area (Å²) in [5.74, 6) is 0. The molecule has 0 bridgehead atoms. The average Bonchev–Trinajstić information content (AvgIpc) is 3.15. The highest BCUT2D eigenvalue weighted by Crippen LogP contribution is 2.55. The second-order valence-corrected chi connectivity index (χ2v) is 8.94. The van der Waals surface area contributed by atoms with Gasteiger partial charge in [-0.1, -0.05) is 41.5 Å². The van der Waals surface area contributed by atoms with Crippen molar-refractivity contribution in [2.75, 3.05) is 0 Å². The van der Waals surface area contributed by atoms with Gasteiger partial charge in [0, 0.05) is 10.8 Å². The van der Waals surface area contributed by atoms with Gasteiger partial charge in [-0.25, -0.2) is 9.36 Å². The fourth-order valence-corrected chi connectivity index (χ4v) is 3.64. The topological polar surface area (TPSA) is 162 Å². The average molecular weight is 394 g/mol. The monoisotopic (exact) mass is 394 g/mol. The summed E-state index contributed by atoms with van der Waals surface area (Å²) in [5.41, 5.74) is -8.24. The fraction of sp³-hybridized carbons (Fsp3) is 0.625. The lowest BCUT2D eigenvalue weighted by atomic mass is 9.74. The van der Waals surface area contributed by atoms with E-state index in [9.17, 15) is 30.4 Å². The van der Waals surface area contributed by atoms with Gasteiger partial charge in [0.1, 0.15) is 12.4 Å². The van der Waals surface area contributed by atoms with Gasteiger partial charge in [-0.05, 0) is 0 Å². The maximum absolute atomic E-state index is 11.7. The van der Waals surface area contributed by atoms with Crippen LogP contribution in [0, 0.1) is 31.1 Å². The number of aromatic nitrogens is 4. The summed E-state index contributed by atoms with van der Waals surface area (Å²) in [6, 6.07) is 0. The van der Waals surface area contributed by atoms with Crippen LogP contribution < -0.4 is 0 Å². The van der Waals surface area contributed by atoms with Gasteiger partial charge in [0.05, 0.1) is 9.85 Å². The Labute approximate surface area is 159 Å². The third-order valence-corrected chi connectivity index (χ3v) is 5.26. The van der Waals surface area contributed by atoms with Crippen molar-refractivity contribution in [3.05, 3.63) is 44.0 Å². The van der Waals surface area contributed by atoms with Crippen molar-refractivity contribution in [3.8, 4) is 0 Å². The van der Waals surface area contributed by atoms with Crippen LogP contribution in [0.1, 0.15) is 52.9 Å². The van der Waals surface area contributed by atoms with Crippen LogP contribution in [-0.2, 0) is 11.4 Å². The fourth-order valence-electron chi connectivity index (χ4n) is 3.64. The Morgan fingerprint density at radius 3 is 1.32 bits per heavy atom. The zero-order valence-corrected chi connectivity index (χ0v) is 16.4. The summed E-state index contributed by atoms with van der Waals surface area (Å²) < 4.78 is 1.83. The quantitative estimate of drug-likeness (QED) is 0.574. The molecule has 2 atom stereocenters. The molecule has 0 aromatic carbocycles. The smallest absolute Gasteiger partial charge is 0.315 e. The first-order valence-corrected chi connectivity index (χ1v) is 8.51. The largest absolute Gasteiger partial charge is 0.364 e. The number of aliphatic hydroxyl groups is 2. The van der Waals surface area contributed by atoms with Gasteiger partial charge in [-0.3, -0.25) is 20.2 Å². The van der Waals surface area contributed by atoms with Gasteiger partial charge in [-0.15, -0.1) is 0 Å². The van der Waals surface area contributed by atoms with Gasteiger partial charge >= 0.3 is 11.4 Å². The second-order valence-electron chi connectivity index (χ2n) is 8.94. The number of hydrogen-bond acceptors (Lipinski definition) is 8. The molecule has 0 saturated carbocycles. The molecule has 0 radical (unpaired) electrons. The number of nitrogens with zero attached hydrogens (tertiary/aromatic N) is 6. The van der Waals surface area contributed by atoms with Crippen molar-refractivity contribution < 1.29 is 20.1 Å². The Morgan fingerprint density at radius 2 is 1.11 bits per heavy atom. The van der Waals surface area contributed by atoms with Crippen LogP contribution in [0.4, 0.5) is 11.4 Å². The van der Waals surface area contributed by atoms with E-state index in [1.807, 2.05) is 0 Å². The number of nitro groups is 2. The molecule has 0 spiro atoms. The lowest BCUT2D eigenvalue weighted by molar-refractivity contribution is -0.390. The molecule has 2 aromatic rings. The van der Waals surface area contributed by atoms with E-state index in [4.69, 9.17) is 0 Å².